The monoisotopic (exact) mass is 282 g/mol. The molecule has 1 aromatic heterocycles. The highest BCUT2D eigenvalue weighted by Gasteiger charge is 2.09. The number of nitrogens with zero attached hydrogens (tertiary/aromatic N) is 1. The van der Waals surface area contributed by atoms with Crippen molar-refractivity contribution >= 4 is 10.9 Å². The van der Waals surface area contributed by atoms with E-state index in [9.17, 15) is 4.39 Å². The van der Waals surface area contributed by atoms with Crippen LogP contribution in [0.25, 0.3) is 10.9 Å². The van der Waals surface area contributed by atoms with Crippen LogP contribution in [0.3, 0.4) is 0 Å². The summed E-state index contributed by atoms with van der Waals surface area (Å²) in [6.45, 7) is 3.10. The van der Waals surface area contributed by atoms with Crippen LogP contribution in [0.2, 0.25) is 0 Å². The smallest absolute Gasteiger partial charge is 0.128 e. The predicted octanol–water partition coefficient (Wildman–Crippen LogP) is 3.85. The van der Waals surface area contributed by atoms with Crippen molar-refractivity contribution in [2.75, 3.05) is 0 Å². The minimum Gasteiger partial charge on any atom is -0.343 e. The van der Waals surface area contributed by atoms with Crippen molar-refractivity contribution < 1.29 is 4.39 Å². The molecule has 108 valence electrons. The zero-order valence-corrected chi connectivity index (χ0v) is 12.1. The van der Waals surface area contributed by atoms with Crippen LogP contribution in [0.5, 0.6) is 0 Å². The fraction of sp³-hybridized carbons (Fsp3) is 0.222. The maximum atomic E-state index is 14.0. The van der Waals surface area contributed by atoms with E-state index in [-0.39, 0.29) is 5.82 Å². The van der Waals surface area contributed by atoms with Crippen molar-refractivity contribution in [3.8, 4) is 0 Å². The maximum Gasteiger partial charge on any atom is 0.128 e. The zero-order chi connectivity index (χ0) is 14.8. The normalized spacial score (nSPS) is 11.2. The third-order valence-corrected chi connectivity index (χ3v) is 3.94. The molecule has 2 nitrogen and oxygen atoms in total. The molecule has 1 heterocycles. The lowest BCUT2D eigenvalue weighted by Crippen LogP contribution is -2.04. The standard InChI is InChI=1S/C18H19FN2/c1-2-14-4-3-5-15-8-9-21(18(14)15)12-16-10-13(11-20)6-7-17(16)19/h3-10H,2,11-12,20H2,1H3. The Morgan fingerprint density at radius 2 is 1.95 bits per heavy atom. The number of halogens is 1. The summed E-state index contributed by atoms with van der Waals surface area (Å²) in [6, 6.07) is 13.5. The topological polar surface area (TPSA) is 30.9 Å². The van der Waals surface area contributed by atoms with Gasteiger partial charge in [0, 0.05) is 18.3 Å². The van der Waals surface area contributed by atoms with Gasteiger partial charge in [0.15, 0.2) is 0 Å². The molecule has 0 aliphatic carbocycles. The van der Waals surface area contributed by atoms with Gasteiger partial charge in [-0.3, -0.25) is 0 Å². The molecular formula is C18H19FN2. The number of aryl methyl sites for hydroxylation is 1. The van der Waals surface area contributed by atoms with Crippen LogP contribution in [0.15, 0.2) is 48.7 Å². The molecule has 0 aliphatic rings. The zero-order valence-electron chi connectivity index (χ0n) is 12.1. The first-order valence-corrected chi connectivity index (χ1v) is 7.27. The summed E-state index contributed by atoms with van der Waals surface area (Å²) < 4.78 is 16.1. The summed E-state index contributed by atoms with van der Waals surface area (Å²) in [5, 5.41) is 1.20. The molecule has 0 bridgehead atoms. The van der Waals surface area contributed by atoms with E-state index in [0.29, 0.717) is 18.7 Å². The SMILES string of the molecule is CCc1cccc2ccn(Cc3cc(CN)ccc3F)c12. The van der Waals surface area contributed by atoms with Gasteiger partial charge in [-0.1, -0.05) is 31.2 Å². The van der Waals surface area contributed by atoms with E-state index in [1.54, 1.807) is 6.07 Å². The third-order valence-electron chi connectivity index (χ3n) is 3.94. The van der Waals surface area contributed by atoms with E-state index in [4.69, 9.17) is 5.73 Å². The van der Waals surface area contributed by atoms with Crippen LogP contribution in [0.1, 0.15) is 23.6 Å². The van der Waals surface area contributed by atoms with Crippen molar-refractivity contribution in [3.05, 3.63) is 71.2 Å². The molecule has 3 heteroatoms. The Balaban J connectivity index is 2.06. The van der Waals surface area contributed by atoms with Gasteiger partial charge in [-0.05, 0) is 41.1 Å². The quantitative estimate of drug-likeness (QED) is 0.774. The van der Waals surface area contributed by atoms with Gasteiger partial charge >= 0.3 is 0 Å². The molecule has 3 aromatic rings. The van der Waals surface area contributed by atoms with Crippen molar-refractivity contribution in [2.24, 2.45) is 5.73 Å². The van der Waals surface area contributed by atoms with E-state index in [0.717, 1.165) is 12.0 Å². The van der Waals surface area contributed by atoms with E-state index in [2.05, 4.69) is 35.8 Å². The Morgan fingerprint density at radius 3 is 2.71 bits per heavy atom. The molecule has 0 aliphatic heterocycles. The predicted molar refractivity (Wildman–Crippen MR) is 84.7 cm³/mol. The molecule has 0 atom stereocenters. The highest BCUT2D eigenvalue weighted by atomic mass is 19.1. The first kappa shape index (κ1) is 13.8. The summed E-state index contributed by atoms with van der Waals surface area (Å²) in [6.07, 6.45) is 2.99. The van der Waals surface area contributed by atoms with Crippen LogP contribution in [-0.4, -0.2) is 4.57 Å². The number of aromatic nitrogens is 1. The fourth-order valence-corrected chi connectivity index (χ4v) is 2.82. The lowest BCUT2D eigenvalue weighted by molar-refractivity contribution is 0.601. The van der Waals surface area contributed by atoms with Gasteiger partial charge in [-0.15, -0.1) is 0 Å². The number of nitrogens with two attached hydrogens (primary N) is 1. The minimum atomic E-state index is -0.178. The van der Waals surface area contributed by atoms with Crippen LogP contribution < -0.4 is 5.73 Å². The summed E-state index contributed by atoms with van der Waals surface area (Å²) in [5.41, 5.74) is 9.77. The van der Waals surface area contributed by atoms with Crippen molar-refractivity contribution in [3.63, 3.8) is 0 Å². The largest absolute Gasteiger partial charge is 0.343 e. The molecule has 0 saturated carbocycles. The van der Waals surface area contributed by atoms with E-state index in [1.807, 2.05) is 12.3 Å². The molecule has 0 amide bonds. The van der Waals surface area contributed by atoms with Gasteiger partial charge in [0.05, 0.1) is 12.1 Å². The van der Waals surface area contributed by atoms with E-state index in [1.165, 1.54) is 22.5 Å². The molecule has 0 radical (unpaired) electrons. The molecule has 0 spiro atoms. The Labute approximate surface area is 124 Å². The molecule has 21 heavy (non-hydrogen) atoms. The maximum absolute atomic E-state index is 14.0. The Hall–Kier alpha value is -2.13. The molecule has 2 aromatic carbocycles. The summed E-state index contributed by atoms with van der Waals surface area (Å²) in [7, 11) is 0. The minimum absolute atomic E-state index is 0.178. The van der Waals surface area contributed by atoms with Crippen molar-refractivity contribution in [1.82, 2.24) is 4.57 Å². The van der Waals surface area contributed by atoms with Crippen LogP contribution in [0.4, 0.5) is 4.39 Å². The second-order valence-electron chi connectivity index (χ2n) is 5.28. The van der Waals surface area contributed by atoms with E-state index < -0.39 is 0 Å². The summed E-state index contributed by atoms with van der Waals surface area (Å²) in [4.78, 5) is 0. The van der Waals surface area contributed by atoms with Gasteiger partial charge < -0.3 is 10.3 Å². The first-order valence-electron chi connectivity index (χ1n) is 7.27. The lowest BCUT2D eigenvalue weighted by Gasteiger charge is -2.11. The van der Waals surface area contributed by atoms with Crippen LogP contribution in [-0.2, 0) is 19.5 Å². The number of para-hydroxylation sites is 1. The average Bonchev–Trinajstić information content (AvgIpc) is 2.92. The van der Waals surface area contributed by atoms with Gasteiger partial charge in [0.1, 0.15) is 5.82 Å². The molecule has 0 fully saturated rings. The van der Waals surface area contributed by atoms with Crippen molar-refractivity contribution in [1.29, 1.82) is 0 Å². The summed E-state index contributed by atoms with van der Waals surface area (Å²) >= 11 is 0. The Bertz CT molecular complexity index is 774. The Kier molecular flexibility index (Phi) is 3.76. The molecular weight excluding hydrogens is 263 g/mol. The third kappa shape index (κ3) is 2.57. The molecule has 3 rings (SSSR count). The second kappa shape index (κ2) is 5.70. The lowest BCUT2D eigenvalue weighted by atomic mass is 10.1. The first-order chi connectivity index (χ1) is 10.2. The number of hydrogen-bond donors (Lipinski definition) is 1. The summed E-state index contributed by atoms with van der Waals surface area (Å²) in [5.74, 6) is -0.178. The van der Waals surface area contributed by atoms with Crippen molar-refractivity contribution in [2.45, 2.75) is 26.4 Å². The van der Waals surface area contributed by atoms with Gasteiger partial charge in [-0.2, -0.15) is 0 Å². The van der Waals surface area contributed by atoms with Gasteiger partial charge in [0.25, 0.3) is 0 Å². The highest BCUT2D eigenvalue weighted by Crippen LogP contribution is 2.23. The second-order valence-corrected chi connectivity index (χ2v) is 5.28. The highest BCUT2D eigenvalue weighted by molar-refractivity contribution is 5.83. The Morgan fingerprint density at radius 1 is 1.10 bits per heavy atom. The molecule has 0 saturated heterocycles. The fourth-order valence-electron chi connectivity index (χ4n) is 2.82. The molecule has 2 N–H and O–H groups in total. The van der Waals surface area contributed by atoms with E-state index >= 15 is 0 Å². The van der Waals surface area contributed by atoms with Crippen LogP contribution in [0, 0.1) is 5.82 Å². The number of benzene rings is 2. The average molecular weight is 282 g/mol. The van der Waals surface area contributed by atoms with Crippen LogP contribution >= 0.6 is 0 Å². The van der Waals surface area contributed by atoms with Gasteiger partial charge in [0.2, 0.25) is 0 Å². The number of hydrogen-bond acceptors (Lipinski definition) is 1. The number of fused-ring (bicyclic) bond motifs is 1. The number of rotatable bonds is 4. The molecule has 0 unspecified atom stereocenters. The van der Waals surface area contributed by atoms with Gasteiger partial charge in [-0.25, -0.2) is 4.39 Å².